The second-order valence-corrected chi connectivity index (χ2v) is 5.72. The Kier molecular flexibility index (Phi) is 2.81. The number of aryl methyl sites for hydroxylation is 2. The highest BCUT2D eigenvalue weighted by Gasteiger charge is 2.11. The summed E-state index contributed by atoms with van der Waals surface area (Å²) in [6.07, 6.45) is 1.87. The van der Waals surface area contributed by atoms with E-state index in [1.54, 1.807) is 0 Å². The maximum atomic E-state index is 4.44. The summed E-state index contributed by atoms with van der Waals surface area (Å²) in [6.45, 7) is 9.57. The zero-order valence-corrected chi connectivity index (χ0v) is 11.2. The lowest BCUT2D eigenvalue weighted by Crippen LogP contribution is -2.19. The summed E-state index contributed by atoms with van der Waals surface area (Å²) in [5, 5.41) is 8.90. The Balaban J connectivity index is 2.29. The fourth-order valence-corrected chi connectivity index (χ4v) is 1.77. The van der Waals surface area contributed by atoms with Crippen molar-refractivity contribution in [1.29, 1.82) is 0 Å². The van der Waals surface area contributed by atoms with Gasteiger partial charge in [-0.25, -0.2) is 4.98 Å². The molecule has 0 radical (unpaired) electrons. The van der Waals surface area contributed by atoms with Crippen molar-refractivity contribution in [3.05, 3.63) is 18.0 Å². The molecule has 0 aliphatic rings. The third-order valence-electron chi connectivity index (χ3n) is 2.69. The average molecular weight is 232 g/mol. The van der Waals surface area contributed by atoms with Crippen molar-refractivity contribution in [3.8, 4) is 0 Å². The van der Waals surface area contributed by atoms with E-state index in [9.17, 15) is 0 Å². The molecule has 0 saturated carbocycles. The first-order valence-corrected chi connectivity index (χ1v) is 5.90. The molecule has 0 aliphatic carbocycles. The van der Waals surface area contributed by atoms with Crippen LogP contribution in [0.2, 0.25) is 0 Å². The summed E-state index contributed by atoms with van der Waals surface area (Å²) >= 11 is 0. The summed E-state index contributed by atoms with van der Waals surface area (Å²) in [7, 11) is 1.92. The predicted octanol–water partition coefficient (Wildman–Crippen LogP) is 2.73. The number of fused-ring (bicyclic) bond motifs is 1. The zero-order valence-electron chi connectivity index (χ0n) is 11.2. The van der Waals surface area contributed by atoms with E-state index in [-0.39, 0.29) is 5.41 Å². The molecule has 0 amide bonds. The largest absolute Gasteiger partial charge is 0.383 e. The molecule has 4 nitrogen and oxygen atoms in total. The van der Waals surface area contributed by atoms with E-state index >= 15 is 0 Å². The minimum absolute atomic E-state index is 0.263. The van der Waals surface area contributed by atoms with Gasteiger partial charge in [0.05, 0.1) is 17.6 Å². The number of nitrogens with zero attached hydrogens (tertiary/aromatic N) is 3. The van der Waals surface area contributed by atoms with E-state index in [2.05, 4.69) is 42.2 Å². The highest BCUT2D eigenvalue weighted by Crippen LogP contribution is 2.20. The smallest absolute Gasteiger partial charge is 0.157 e. The Morgan fingerprint density at radius 1 is 1.35 bits per heavy atom. The SMILES string of the molecule is Cc1nn(C)c2ncc(NCC(C)(C)C)cc12. The Morgan fingerprint density at radius 2 is 2.06 bits per heavy atom. The summed E-state index contributed by atoms with van der Waals surface area (Å²) in [4.78, 5) is 4.44. The van der Waals surface area contributed by atoms with E-state index in [1.165, 1.54) is 0 Å². The molecule has 2 heterocycles. The third-order valence-corrected chi connectivity index (χ3v) is 2.69. The Labute approximate surface area is 102 Å². The molecule has 0 fully saturated rings. The fourth-order valence-electron chi connectivity index (χ4n) is 1.77. The molecule has 0 atom stereocenters. The van der Waals surface area contributed by atoms with Crippen molar-refractivity contribution in [2.24, 2.45) is 12.5 Å². The number of pyridine rings is 1. The molecule has 17 heavy (non-hydrogen) atoms. The summed E-state index contributed by atoms with van der Waals surface area (Å²) in [5.41, 5.74) is 3.28. The average Bonchev–Trinajstić information content (AvgIpc) is 2.51. The molecule has 1 N–H and O–H groups in total. The predicted molar refractivity (Wildman–Crippen MR) is 71.2 cm³/mol. The van der Waals surface area contributed by atoms with Crippen LogP contribution < -0.4 is 5.32 Å². The van der Waals surface area contributed by atoms with E-state index < -0.39 is 0 Å². The van der Waals surface area contributed by atoms with Crippen LogP contribution in [0, 0.1) is 12.3 Å². The van der Waals surface area contributed by atoms with Gasteiger partial charge in [0.2, 0.25) is 0 Å². The van der Waals surface area contributed by atoms with Crippen molar-refractivity contribution >= 4 is 16.7 Å². The van der Waals surface area contributed by atoms with E-state index in [1.807, 2.05) is 24.9 Å². The van der Waals surface area contributed by atoms with Crippen molar-refractivity contribution in [3.63, 3.8) is 0 Å². The number of rotatable bonds is 2. The van der Waals surface area contributed by atoms with Gasteiger partial charge in [0.15, 0.2) is 5.65 Å². The lowest BCUT2D eigenvalue weighted by molar-refractivity contribution is 0.443. The van der Waals surface area contributed by atoms with Crippen LogP contribution in [-0.2, 0) is 7.05 Å². The molecule has 0 saturated heterocycles. The summed E-state index contributed by atoms with van der Waals surface area (Å²) in [6, 6.07) is 2.12. The molecule has 92 valence electrons. The molecular weight excluding hydrogens is 212 g/mol. The Hall–Kier alpha value is -1.58. The topological polar surface area (TPSA) is 42.7 Å². The quantitative estimate of drug-likeness (QED) is 0.865. The van der Waals surface area contributed by atoms with Gasteiger partial charge in [0.25, 0.3) is 0 Å². The van der Waals surface area contributed by atoms with E-state index in [0.717, 1.165) is 29.0 Å². The second-order valence-electron chi connectivity index (χ2n) is 5.72. The van der Waals surface area contributed by atoms with Gasteiger partial charge >= 0.3 is 0 Å². The highest BCUT2D eigenvalue weighted by molar-refractivity contribution is 5.81. The van der Waals surface area contributed by atoms with Gasteiger partial charge in [-0.2, -0.15) is 5.10 Å². The molecule has 0 aliphatic heterocycles. The second kappa shape index (κ2) is 4.02. The van der Waals surface area contributed by atoms with Crippen molar-refractivity contribution < 1.29 is 0 Å². The molecule has 0 bridgehead atoms. The van der Waals surface area contributed by atoms with Gasteiger partial charge < -0.3 is 5.32 Å². The van der Waals surface area contributed by atoms with Gasteiger partial charge in [-0.3, -0.25) is 4.68 Å². The van der Waals surface area contributed by atoms with Crippen LogP contribution in [0.5, 0.6) is 0 Å². The van der Waals surface area contributed by atoms with E-state index in [4.69, 9.17) is 0 Å². The van der Waals surface area contributed by atoms with Gasteiger partial charge in [0.1, 0.15) is 0 Å². The lowest BCUT2D eigenvalue weighted by atomic mass is 9.97. The van der Waals surface area contributed by atoms with Crippen LogP contribution in [-0.4, -0.2) is 21.3 Å². The van der Waals surface area contributed by atoms with Crippen LogP contribution in [0.3, 0.4) is 0 Å². The highest BCUT2D eigenvalue weighted by atomic mass is 15.3. The van der Waals surface area contributed by atoms with Crippen LogP contribution in [0.1, 0.15) is 26.5 Å². The molecule has 2 aromatic rings. The minimum Gasteiger partial charge on any atom is -0.383 e. The Morgan fingerprint density at radius 3 is 2.71 bits per heavy atom. The molecular formula is C13H20N4. The zero-order chi connectivity index (χ0) is 12.6. The van der Waals surface area contributed by atoms with Crippen LogP contribution in [0.15, 0.2) is 12.3 Å². The van der Waals surface area contributed by atoms with E-state index in [0.29, 0.717) is 0 Å². The minimum atomic E-state index is 0.263. The maximum Gasteiger partial charge on any atom is 0.157 e. The van der Waals surface area contributed by atoms with Gasteiger partial charge in [0, 0.05) is 19.0 Å². The summed E-state index contributed by atoms with van der Waals surface area (Å²) < 4.78 is 1.82. The number of anilines is 1. The number of hydrogen-bond acceptors (Lipinski definition) is 3. The number of hydrogen-bond donors (Lipinski definition) is 1. The molecule has 0 unspecified atom stereocenters. The third kappa shape index (κ3) is 2.57. The normalized spacial score (nSPS) is 12.1. The molecule has 0 aromatic carbocycles. The van der Waals surface area contributed by atoms with Gasteiger partial charge in [-0.15, -0.1) is 0 Å². The van der Waals surface area contributed by atoms with Crippen LogP contribution in [0.25, 0.3) is 11.0 Å². The standard InChI is InChI=1S/C13H20N4/c1-9-11-6-10(15-8-13(2,3)4)7-14-12(11)17(5)16-9/h6-7,15H,8H2,1-5H3. The van der Waals surface area contributed by atoms with Crippen molar-refractivity contribution in [2.75, 3.05) is 11.9 Å². The lowest BCUT2D eigenvalue weighted by Gasteiger charge is -2.19. The Bertz CT molecular complexity index is 534. The van der Waals surface area contributed by atoms with Crippen molar-refractivity contribution in [1.82, 2.24) is 14.8 Å². The molecule has 0 spiro atoms. The van der Waals surface area contributed by atoms with Gasteiger partial charge in [-0.1, -0.05) is 20.8 Å². The molecule has 2 rings (SSSR count). The monoisotopic (exact) mass is 232 g/mol. The summed E-state index contributed by atoms with van der Waals surface area (Å²) in [5.74, 6) is 0. The maximum absolute atomic E-state index is 4.44. The van der Waals surface area contributed by atoms with Gasteiger partial charge in [-0.05, 0) is 18.4 Å². The first-order chi connectivity index (χ1) is 7.87. The van der Waals surface area contributed by atoms with Crippen molar-refractivity contribution in [2.45, 2.75) is 27.7 Å². The number of aromatic nitrogens is 3. The molecule has 2 aromatic heterocycles. The first-order valence-electron chi connectivity index (χ1n) is 5.90. The van der Waals surface area contributed by atoms with Crippen LogP contribution >= 0.6 is 0 Å². The first kappa shape index (κ1) is 11.9. The fraction of sp³-hybridized carbons (Fsp3) is 0.538. The number of nitrogens with one attached hydrogen (secondary N) is 1. The van der Waals surface area contributed by atoms with Crippen LogP contribution in [0.4, 0.5) is 5.69 Å². The molecule has 4 heteroatoms.